The number of non-ortho nitro benzene ring substituents is 1. The first-order valence-electron chi connectivity index (χ1n) is 8.18. The summed E-state index contributed by atoms with van der Waals surface area (Å²) in [5.41, 5.74) is 1.85. The minimum atomic E-state index is -0.395. The molecule has 0 atom stereocenters. The van der Waals surface area contributed by atoms with Crippen LogP contribution in [0.4, 0.5) is 10.1 Å². The molecule has 0 bridgehead atoms. The van der Waals surface area contributed by atoms with Gasteiger partial charge in [0.05, 0.1) is 23.3 Å². The van der Waals surface area contributed by atoms with Crippen LogP contribution in [0.25, 0.3) is 10.9 Å². The highest BCUT2D eigenvalue weighted by Crippen LogP contribution is 2.30. The minimum Gasteiger partial charge on any atom is -0.277 e. The summed E-state index contributed by atoms with van der Waals surface area (Å²) in [6.07, 6.45) is 3.98. The van der Waals surface area contributed by atoms with Crippen molar-refractivity contribution in [2.45, 2.75) is 32.1 Å². The number of aromatic nitrogens is 2. The Balaban J connectivity index is 1.60. The van der Waals surface area contributed by atoms with Crippen molar-refractivity contribution >= 4 is 16.6 Å². The average molecular weight is 340 g/mol. The third-order valence-corrected chi connectivity index (χ3v) is 4.52. The van der Waals surface area contributed by atoms with Gasteiger partial charge in [0.15, 0.2) is 0 Å². The first kappa shape index (κ1) is 15.7. The van der Waals surface area contributed by atoms with Gasteiger partial charge in [-0.15, -0.1) is 0 Å². The van der Waals surface area contributed by atoms with E-state index in [9.17, 15) is 14.5 Å². The molecule has 3 aromatic rings. The molecule has 0 N–H and O–H groups in total. The zero-order chi connectivity index (χ0) is 17.4. The van der Waals surface area contributed by atoms with Crippen molar-refractivity contribution in [3.8, 4) is 0 Å². The van der Waals surface area contributed by atoms with Crippen molar-refractivity contribution < 1.29 is 9.31 Å². The Morgan fingerprint density at radius 1 is 1.24 bits per heavy atom. The van der Waals surface area contributed by atoms with Gasteiger partial charge in [-0.05, 0) is 36.6 Å². The Labute approximate surface area is 143 Å². The van der Waals surface area contributed by atoms with Crippen LogP contribution in [0.1, 0.15) is 18.4 Å². The quantitative estimate of drug-likeness (QED) is 0.507. The van der Waals surface area contributed by atoms with Gasteiger partial charge in [-0.2, -0.15) is 5.10 Å². The lowest BCUT2D eigenvalue weighted by Gasteiger charge is -2.22. The van der Waals surface area contributed by atoms with Gasteiger partial charge in [-0.1, -0.05) is 12.1 Å². The number of hydrogen-bond donors (Lipinski definition) is 0. The van der Waals surface area contributed by atoms with Crippen LogP contribution in [0.5, 0.6) is 0 Å². The van der Waals surface area contributed by atoms with Crippen molar-refractivity contribution in [1.82, 2.24) is 14.7 Å². The summed E-state index contributed by atoms with van der Waals surface area (Å²) in [6, 6.07) is 11.8. The summed E-state index contributed by atoms with van der Waals surface area (Å²) in [5, 5.41) is 16.3. The Morgan fingerprint density at radius 2 is 2.00 bits per heavy atom. The van der Waals surface area contributed by atoms with E-state index in [0.717, 1.165) is 29.3 Å². The topological polar surface area (TPSA) is 64.2 Å². The van der Waals surface area contributed by atoms with E-state index in [1.54, 1.807) is 35.1 Å². The zero-order valence-electron chi connectivity index (χ0n) is 13.5. The molecule has 7 heteroatoms. The molecule has 1 saturated carbocycles. The molecule has 6 nitrogen and oxygen atoms in total. The van der Waals surface area contributed by atoms with Crippen molar-refractivity contribution in [2.75, 3.05) is 0 Å². The predicted octanol–water partition coefficient (Wildman–Crippen LogP) is 3.71. The maximum Gasteiger partial charge on any atom is 0.271 e. The number of hydrogen-bond acceptors (Lipinski definition) is 4. The van der Waals surface area contributed by atoms with E-state index in [1.807, 2.05) is 0 Å². The first-order chi connectivity index (χ1) is 12.1. The third-order valence-electron chi connectivity index (χ3n) is 4.52. The van der Waals surface area contributed by atoms with Crippen molar-refractivity contribution in [3.63, 3.8) is 0 Å². The fourth-order valence-corrected chi connectivity index (χ4v) is 3.02. The molecule has 1 heterocycles. The molecule has 0 spiro atoms. The number of fused-ring (bicyclic) bond motifs is 1. The summed E-state index contributed by atoms with van der Waals surface area (Å²) in [5.74, 6) is -0.243. The van der Waals surface area contributed by atoms with Crippen LogP contribution in [0.2, 0.25) is 0 Å². The Bertz CT molecular complexity index is 918. The van der Waals surface area contributed by atoms with E-state index < -0.39 is 4.92 Å². The Kier molecular flexibility index (Phi) is 3.93. The SMILES string of the molecule is O=[N+]([O-])c1ccc2cnn(CN(Cc3ccc(F)cc3)C3CC3)c2c1. The lowest BCUT2D eigenvalue weighted by Crippen LogP contribution is -2.28. The predicted molar refractivity (Wildman–Crippen MR) is 91.4 cm³/mol. The van der Waals surface area contributed by atoms with Crippen LogP contribution in [0, 0.1) is 15.9 Å². The zero-order valence-corrected chi connectivity index (χ0v) is 13.5. The Hall–Kier alpha value is -2.80. The van der Waals surface area contributed by atoms with Crippen molar-refractivity contribution in [2.24, 2.45) is 0 Å². The number of nitro benzene ring substituents is 1. The number of halogens is 1. The van der Waals surface area contributed by atoms with Gasteiger partial charge >= 0.3 is 0 Å². The molecule has 0 saturated heterocycles. The number of rotatable bonds is 6. The lowest BCUT2D eigenvalue weighted by atomic mass is 10.2. The molecule has 0 radical (unpaired) electrons. The summed E-state index contributed by atoms with van der Waals surface area (Å²) < 4.78 is 14.9. The van der Waals surface area contributed by atoms with Crippen LogP contribution in [0.3, 0.4) is 0 Å². The number of benzene rings is 2. The number of nitrogens with zero attached hydrogens (tertiary/aromatic N) is 4. The molecule has 1 aliphatic carbocycles. The van der Waals surface area contributed by atoms with E-state index in [0.29, 0.717) is 19.3 Å². The molecule has 0 amide bonds. The van der Waals surface area contributed by atoms with E-state index in [2.05, 4.69) is 10.00 Å². The van der Waals surface area contributed by atoms with Gasteiger partial charge in [0.25, 0.3) is 5.69 Å². The average Bonchev–Trinajstić information content (AvgIpc) is 3.38. The van der Waals surface area contributed by atoms with Crippen molar-refractivity contribution in [3.05, 3.63) is 70.2 Å². The third kappa shape index (κ3) is 3.36. The fraction of sp³-hybridized carbons (Fsp3) is 0.278. The van der Waals surface area contributed by atoms with Gasteiger partial charge in [0.1, 0.15) is 5.82 Å². The van der Waals surface area contributed by atoms with E-state index in [-0.39, 0.29) is 11.5 Å². The monoisotopic (exact) mass is 340 g/mol. The fourth-order valence-electron chi connectivity index (χ4n) is 3.02. The summed E-state index contributed by atoms with van der Waals surface area (Å²) in [6.45, 7) is 1.24. The minimum absolute atomic E-state index is 0.0609. The molecular formula is C18H17FN4O2. The van der Waals surface area contributed by atoms with Crippen LogP contribution >= 0.6 is 0 Å². The maximum atomic E-state index is 13.1. The van der Waals surface area contributed by atoms with Crippen LogP contribution < -0.4 is 0 Å². The molecule has 2 aromatic carbocycles. The molecular weight excluding hydrogens is 323 g/mol. The van der Waals surface area contributed by atoms with Gasteiger partial charge in [-0.25, -0.2) is 4.39 Å². The van der Waals surface area contributed by atoms with Crippen LogP contribution in [-0.2, 0) is 13.2 Å². The molecule has 25 heavy (non-hydrogen) atoms. The summed E-state index contributed by atoms with van der Waals surface area (Å²) in [7, 11) is 0. The van der Waals surface area contributed by atoms with Gasteiger partial charge in [0, 0.05) is 30.1 Å². The second-order valence-electron chi connectivity index (χ2n) is 6.39. The second kappa shape index (κ2) is 6.25. The Morgan fingerprint density at radius 3 is 2.68 bits per heavy atom. The number of nitro groups is 1. The smallest absolute Gasteiger partial charge is 0.271 e. The van der Waals surface area contributed by atoms with E-state index in [4.69, 9.17) is 0 Å². The lowest BCUT2D eigenvalue weighted by molar-refractivity contribution is -0.384. The maximum absolute atomic E-state index is 13.1. The summed E-state index contributed by atoms with van der Waals surface area (Å²) >= 11 is 0. The molecule has 1 fully saturated rings. The molecule has 0 aliphatic heterocycles. The van der Waals surface area contributed by atoms with Gasteiger partial charge < -0.3 is 0 Å². The largest absolute Gasteiger partial charge is 0.277 e. The highest BCUT2D eigenvalue weighted by molar-refractivity contribution is 5.80. The second-order valence-corrected chi connectivity index (χ2v) is 6.39. The molecule has 4 rings (SSSR count). The van der Waals surface area contributed by atoms with Gasteiger partial charge in [0.2, 0.25) is 0 Å². The van der Waals surface area contributed by atoms with Crippen LogP contribution in [-0.4, -0.2) is 25.6 Å². The van der Waals surface area contributed by atoms with E-state index >= 15 is 0 Å². The molecule has 1 aliphatic rings. The normalized spacial score (nSPS) is 14.3. The van der Waals surface area contributed by atoms with Crippen molar-refractivity contribution in [1.29, 1.82) is 0 Å². The molecule has 1 aromatic heterocycles. The van der Waals surface area contributed by atoms with E-state index in [1.165, 1.54) is 18.2 Å². The highest BCUT2D eigenvalue weighted by Gasteiger charge is 2.29. The molecule has 0 unspecified atom stereocenters. The highest BCUT2D eigenvalue weighted by atomic mass is 19.1. The summed E-state index contributed by atoms with van der Waals surface area (Å²) in [4.78, 5) is 12.9. The molecule has 128 valence electrons. The first-order valence-corrected chi connectivity index (χ1v) is 8.18. The van der Waals surface area contributed by atoms with Crippen LogP contribution in [0.15, 0.2) is 48.7 Å². The van der Waals surface area contributed by atoms with Gasteiger partial charge in [-0.3, -0.25) is 19.7 Å². The standard InChI is InChI=1S/C18H17FN4O2/c19-15-4-1-13(2-5-15)11-21(16-7-8-16)12-22-18-9-17(23(24)25)6-3-14(18)10-20-22/h1-6,9-10,16H,7-8,11-12H2.